The molecule has 0 N–H and O–H groups in total. The van der Waals surface area contributed by atoms with Crippen molar-refractivity contribution in [2.24, 2.45) is 20.5 Å². The van der Waals surface area contributed by atoms with Crippen LogP contribution in [-0.4, -0.2) is 6.61 Å². The van der Waals surface area contributed by atoms with Crippen LogP contribution in [0.1, 0.15) is 32.3 Å². The van der Waals surface area contributed by atoms with E-state index in [1.165, 1.54) is 29.5 Å². The van der Waals surface area contributed by atoms with E-state index < -0.39 is 0 Å². The zero-order valence-corrected chi connectivity index (χ0v) is 22.4. The molecule has 0 spiro atoms. The van der Waals surface area contributed by atoms with Gasteiger partial charge in [0.05, 0.1) is 29.4 Å². The molecule has 0 fully saturated rings. The first kappa shape index (κ1) is 26.0. The van der Waals surface area contributed by atoms with Gasteiger partial charge in [-0.3, -0.25) is 0 Å². The molecule has 194 valence electrons. The maximum absolute atomic E-state index is 5.50. The van der Waals surface area contributed by atoms with E-state index in [9.17, 15) is 0 Å². The lowest BCUT2D eigenvalue weighted by Gasteiger charge is -2.05. The number of benzene rings is 5. The molecule has 5 rings (SSSR count). The van der Waals surface area contributed by atoms with Crippen LogP contribution in [0.4, 0.5) is 22.7 Å². The Bertz CT molecular complexity index is 1570. The van der Waals surface area contributed by atoms with Crippen LogP contribution in [0.15, 0.2) is 130 Å². The van der Waals surface area contributed by atoms with E-state index in [1.807, 2.05) is 79.7 Å². The van der Waals surface area contributed by atoms with Crippen molar-refractivity contribution in [3.63, 3.8) is 0 Å². The summed E-state index contributed by atoms with van der Waals surface area (Å²) in [5, 5.41) is 20.0. The van der Waals surface area contributed by atoms with E-state index in [2.05, 4.69) is 63.8 Å². The summed E-state index contributed by atoms with van der Waals surface area (Å²) in [4.78, 5) is 0. The molecule has 5 nitrogen and oxygen atoms in total. The van der Waals surface area contributed by atoms with Crippen LogP contribution >= 0.6 is 0 Å². The Hall–Kier alpha value is -4.64. The summed E-state index contributed by atoms with van der Waals surface area (Å²) in [6.07, 6.45) is 3.58. The van der Waals surface area contributed by atoms with Crippen molar-refractivity contribution < 1.29 is 4.74 Å². The maximum Gasteiger partial charge on any atom is 0.119 e. The van der Waals surface area contributed by atoms with Gasteiger partial charge in [0.1, 0.15) is 5.75 Å². The predicted molar refractivity (Wildman–Crippen MR) is 160 cm³/mol. The van der Waals surface area contributed by atoms with Crippen molar-refractivity contribution in [2.75, 3.05) is 6.61 Å². The highest BCUT2D eigenvalue weighted by Gasteiger charge is 2.06. The minimum absolute atomic E-state index is 0.634. The summed E-state index contributed by atoms with van der Waals surface area (Å²) in [5.41, 5.74) is 6.91. The van der Waals surface area contributed by atoms with Gasteiger partial charge in [-0.05, 0) is 85.0 Å². The number of aryl methyl sites for hydroxylation is 1. The standard InChI is InChI=1S/C34H32N4O/c1-3-5-8-25-11-13-26(14-12-25)27-15-17-28(18-16-27)35-37-33-23-24-34(32-10-7-6-9-31(32)33)38-36-29-19-21-30(22-20-29)39-4-2/h6-7,9-24H,3-5,8H2,1-2H3. The molecule has 0 saturated carbocycles. The monoisotopic (exact) mass is 512 g/mol. The average Bonchev–Trinajstić information content (AvgIpc) is 2.99. The lowest BCUT2D eigenvalue weighted by Crippen LogP contribution is -1.89. The summed E-state index contributed by atoms with van der Waals surface area (Å²) in [6.45, 7) is 4.82. The van der Waals surface area contributed by atoms with Crippen molar-refractivity contribution in [1.29, 1.82) is 0 Å². The quantitative estimate of drug-likeness (QED) is 0.172. The van der Waals surface area contributed by atoms with Crippen LogP contribution in [0.3, 0.4) is 0 Å². The molecule has 0 radical (unpaired) electrons. The summed E-state index contributed by atoms with van der Waals surface area (Å²) in [7, 11) is 0. The van der Waals surface area contributed by atoms with Crippen LogP contribution in [-0.2, 0) is 6.42 Å². The topological polar surface area (TPSA) is 58.7 Å². The summed E-state index contributed by atoms with van der Waals surface area (Å²) in [6, 6.07) is 36.6. The predicted octanol–water partition coefficient (Wildman–Crippen LogP) is 11.1. The minimum Gasteiger partial charge on any atom is -0.494 e. The number of nitrogens with zero attached hydrogens (tertiary/aromatic N) is 4. The highest BCUT2D eigenvalue weighted by atomic mass is 16.5. The van der Waals surface area contributed by atoms with Gasteiger partial charge in [0, 0.05) is 10.8 Å². The van der Waals surface area contributed by atoms with Crippen LogP contribution < -0.4 is 4.74 Å². The van der Waals surface area contributed by atoms with Gasteiger partial charge in [0.25, 0.3) is 0 Å². The van der Waals surface area contributed by atoms with Gasteiger partial charge < -0.3 is 4.74 Å². The third-order valence-electron chi connectivity index (χ3n) is 6.55. The Kier molecular flexibility index (Phi) is 8.49. The van der Waals surface area contributed by atoms with Crippen molar-refractivity contribution >= 4 is 33.5 Å². The molecule has 0 aliphatic carbocycles. The summed E-state index contributed by atoms with van der Waals surface area (Å²) >= 11 is 0. The number of rotatable bonds is 10. The number of unbranched alkanes of at least 4 members (excludes halogenated alkanes) is 1. The maximum atomic E-state index is 5.50. The third kappa shape index (κ3) is 6.63. The van der Waals surface area contributed by atoms with Crippen LogP contribution in [0.25, 0.3) is 21.9 Å². The molecule has 0 aromatic heterocycles. The highest BCUT2D eigenvalue weighted by Crippen LogP contribution is 2.35. The van der Waals surface area contributed by atoms with E-state index in [4.69, 9.17) is 4.74 Å². The fraction of sp³-hybridized carbons (Fsp3) is 0.176. The van der Waals surface area contributed by atoms with E-state index >= 15 is 0 Å². The number of hydrogen-bond donors (Lipinski definition) is 0. The molecule has 0 unspecified atom stereocenters. The Labute approximate surface area is 229 Å². The first-order chi connectivity index (χ1) is 19.2. The highest BCUT2D eigenvalue weighted by molar-refractivity contribution is 5.99. The molecule has 5 aromatic carbocycles. The Balaban J connectivity index is 1.32. The van der Waals surface area contributed by atoms with Crippen molar-refractivity contribution in [2.45, 2.75) is 33.1 Å². The van der Waals surface area contributed by atoms with E-state index in [0.29, 0.717) is 6.61 Å². The molecular formula is C34H32N4O. The molecule has 0 aliphatic heterocycles. The molecule has 0 aliphatic rings. The first-order valence-electron chi connectivity index (χ1n) is 13.5. The first-order valence-corrected chi connectivity index (χ1v) is 13.5. The normalized spacial score (nSPS) is 11.5. The lowest BCUT2D eigenvalue weighted by atomic mass is 10.0. The molecule has 0 atom stereocenters. The smallest absolute Gasteiger partial charge is 0.119 e. The van der Waals surface area contributed by atoms with Crippen molar-refractivity contribution in [1.82, 2.24) is 0 Å². The number of ether oxygens (including phenoxy) is 1. The second-order valence-corrected chi connectivity index (χ2v) is 9.32. The molecule has 5 aromatic rings. The zero-order chi connectivity index (χ0) is 26.9. The molecule has 0 saturated heterocycles. The second-order valence-electron chi connectivity index (χ2n) is 9.32. The number of hydrogen-bond acceptors (Lipinski definition) is 5. The zero-order valence-electron chi connectivity index (χ0n) is 22.4. The second kappa shape index (κ2) is 12.7. The largest absolute Gasteiger partial charge is 0.494 e. The Morgan fingerprint density at radius 2 is 1.05 bits per heavy atom. The molecule has 0 amide bonds. The average molecular weight is 513 g/mol. The molecule has 39 heavy (non-hydrogen) atoms. The van der Waals surface area contributed by atoms with Gasteiger partial charge in [-0.25, -0.2) is 0 Å². The van der Waals surface area contributed by atoms with Crippen LogP contribution in [0, 0.1) is 0 Å². The van der Waals surface area contributed by atoms with Crippen molar-refractivity contribution in [3.8, 4) is 16.9 Å². The third-order valence-corrected chi connectivity index (χ3v) is 6.55. The van der Waals surface area contributed by atoms with Crippen LogP contribution in [0.2, 0.25) is 0 Å². The van der Waals surface area contributed by atoms with Gasteiger partial charge >= 0.3 is 0 Å². The SMILES string of the molecule is CCCCc1ccc(-c2ccc(N=Nc3ccc(N=Nc4ccc(OCC)cc4)c4ccccc34)cc2)cc1. The van der Waals surface area contributed by atoms with E-state index in [0.717, 1.165) is 45.7 Å². The molecule has 0 bridgehead atoms. The van der Waals surface area contributed by atoms with Gasteiger partial charge in [-0.1, -0.05) is 74.0 Å². The van der Waals surface area contributed by atoms with Gasteiger partial charge in [0.15, 0.2) is 0 Å². The summed E-state index contributed by atoms with van der Waals surface area (Å²) in [5.74, 6) is 0.822. The van der Waals surface area contributed by atoms with Crippen molar-refractivity contribution in [3.05, 3.63) is 115 Å². The van der Waals surface area contributed by atoms with Crippen LogP contribution in [0.5, 0.6) is 5.75 Å². The Morgan fingerprint density at radius 3 is 1.56 bits per heavy atom. The number of azo groups is 2. The van der Waals surface area contributed by atoms with E-state index in [-0.39, 0.29) is 0 Å². The Morgan fingerprint density at radius 1 is 0.538 bits per heavy atom. The molecule has 0 heterocycles. The fourth-order valence-electron chi connectivity index (χ4n) is 4.41. The van der Waals surface area contributed by atoms with E-state index in [1.54, 1.807) is 0 Å². The van der Waals surface area contributed by atoms with Gasteiger partial charge in [-0.15, -0.1) is 10.2 Å². The summed E-state index contributed by atoms with van der Waals surface area (Å²) < 4.78 is 5.50. The molecular weight excluding hydrogens is 480 g/mol. The number of fused-ring (bicyclic) bond motifs is 1. The van der Waals surface area contributed by atoms with Gasteiger partial charge in [-0.2, -0.15) is 10.2 Å². The van der Waals surface area contributed by atoms with Gasteiger partial charge in [0.2, 0.25) is 0 Å². The minimum atomic E-state index is 0.634. The fourth-order valence-corrected chi connectivity index (χ4v) is 4.41. The lowest BCUT2D eigenvalue weighted by molar-refractivity contribution is 0.340. The molecule has 5 heteroatoms.